The topological polar surface area (TPSA) is 105 Å². The second kappa shape index (κ2) is 7.72. The lowest BCUT2D eigenvalue weighted by Gasteiger charge is -2.18. The molecule has 0 bridgehead atoms. The number of rotatable bonds is 6. The minimum Gasteiger partial charge on any atom is -0.480 e. The Labute approximate surface area is 118 Å². The standard InChI is InChI=1S/C13H22N2O5/c1-8-4-3-5-9(8)7-14-13(19)15-10(12(17)18)6-11(16)20-2/h8-10H,3-7H2,1-2H3,(H,17,18)(H2,14,15,19)/t8?,9?,10-/m0/s1. The highest BCUT2D eigenvalue weighted by Gasteiger charge is 2.26. The molecule has 1 fully saturated rings. The maximum atomic E-state index is 11.7. The molecule has 3 N–H and O–H groups in total. The number of hydrogen-bond acceptors (Lipinski definition) is 4. The zero-order valence-corrected chi connectivity index (χ0v) is 11.8. The van der Waals surface area contributed by atoms with E-state index in [0.717, 1.165) is 19.3 Å². The van der Waals surface area contributed by atoms with Gasteiger partial charge in [0.15, 0.2) is 0 Å². The number of carbonyl (C=O) groups excluding carboxylic acids is 2. The number of nitrogens with one attached hydrogen (secondary N) is 2. The van der Waals surface area contributed by atoms with E-state index in [1.165, 1.54) is 7.11 Å². The van der Waals surface area contributed by atoms with Gasteiger partial charge < -0.3 is 20.5 Å². The Hall–Kier alpha value is -1.79. The molecule has 0 heterocycles. The van der Waals surface area contributed by atoms with Crippen molar-refractivity contribution < 1.29 is 24.2 Å². The van der Waals surface area contributed by atoms with E-state index >= 15 is 0 Å². The molecule has 114 valence electrons. The van der Waals surface area contributed by atoms with Crippen molar-refractivity contribution in [1.29, 1.82) is 0 Å². The van der Waals surface area contributed by atoms with Gasteiger partial charge >= 0.3 is 18.0 Å². The van der Waals surface area contributed by atoms with Gasteiger partial charge in [0.2, 0.25) is 0 Å². The molecule has 1 saturated carbocycles. The fraction of sp³-hybridized carbons (Fsp3) is 0.769. The zero-order valence-electron chi connectivity index (χ0n) is 11.8. The van der Waals surface area contributed by atoms with E-state index in [4.69, 9.17) is 5.11 Å². The van der Waals surface area contributed by atoms with Crippen molar-refractivity contribution in [2.75, 3.05) is 13.7 Å². The highest BCUT2D eigenvalue weighted by atomic mass is 16.5. The summed E-state index contributed by atoms with van der Waals surface area (Å²) < 4.78 is 4.39. The summed E-state index contributed by atoms with van der Waals surface area (Å²) in [6.45, 7) is 2.67. The third-order valence-corrected chi connectivity index (χ3v) is 3.77. The Morgan fingerprint density at radius 2 is 2.05 bits per heavy atom. The lowest BCUT2D eigenvalue weighted by atomic mass is 9.98. The van der Waals surface area contributed by atoms with Gasteiger partial charge in [-0.25, -0.2) is 9.59 Å². The minimum absolute atomic E-state index is 0.390. The SMILES string of the molecule is COC(=O)C[C@H](NC(=O)NCC1CCCC1C)C(=O)O. The third kappa shape index (κ3) is 5.07. The Morgan fingerprint density at radius 3 is 2.55 bits per heavy atom. The van der Waals surface area contributed by atoms with Crippen molar-refractivity contribution in [1.82, 2.24) is 10.6 Å². The Morgan fingerprint density at radius 1 is 1.35 bits per heavy atom. The first-order chi connectivity index (χ1) is 9.43. The smallest absolute Gasteiger partial charge is 0.326 e. The largest absolute Gasteiger partial charge is 0.480 e. The van der Waals surface area contributed by atoms with E-state index in [1.54, 1.807) is 0 Å². The summed E-state index contributed by atoms with van der Waals surface area (Å²) in [4.78, 5) is 33.7. The fourth-order valence-electron chi connectivity index (χ4n) is 2.41. The molecular weight excluding hydrogens is 264 g/mol. The number of ether oxygens (including phenoxy) is 1. The highest BCUT2D eigenvalue weighted by Crippen LogP contribution is 2.30. The van der Waals surface area contributed by atoms with Gasteiger partial charge in [0.25, 0.3) is 0 Å². The van der Waals surface area contributed by atoms with Crippen LogP contribution in [-0.2, 0) is 14.3 Å². The van der Waals surface area contributed by atoms with Crippen LogP contribution in [0.2, 0.25) is 0 Å². The maximum Gasteiger partial charge on any atom is 0.326 e. The molecule has 7 heteroatoms. The van der Waals surface area contributed by atoms with E-state index in [1.807, 2.05) is 0 Å². The molecule has 2 amide bonds. The van der Waals surface area contributed by atoms with Crippen molar-refractivity contribution in [3.05, 3.63) is 0 Å². The highest BCUT2D eigenvalue weighted by molar-refractivity contribution is 5.86. The van der Waals surface area contributed by atoms with Gasteiger partial charge in [0.1, 0.15) is 6.04 Å². The summed E-state index contributed by atoms with van der Waals surface area (Å²) in [5, 5.41) is 13.9. The van der Waals surface area contributed by atoms with Crippen molar-refractivity contribution >= 4 is 18.0 Å². The molecule has 1 aliphatic carbocycles. The zero-order chi connectivity index (χ0) is 15.1. The summed E-state index contributed by atoms with van der Waals surface area (Å²) >= 11 is 0. The predicted octanol–water partition coefficient (Wildman–Crippen LogP) is 0.738. The molecule has 0 aromatic rings. The van der Waals surface area contributed by atoms with Crippen LogP contribution in [0.15, 0.2) is 0 Å². The number of carboxylic acids is 1. The quantitative estimate of drug-likeness (QED) is 0.625. The summed E-state index contributed by atoms with van der Waals surface area (Å²) in [5.74, 6) is -0.938. The van der Waals surface area contributed by atoms with E-state index < -0.39 is 24.0 Å². The van der Waals surface area contributed by atoms with Crippen molar-refractivity contribution in [3.8, 4) is 0 Å². The van der Waals surface area contributed by atoms with Gasteiger partial charge in [-0.05, 0) is 18.3 Å². The summed E-state index contributed by atoms with van der Waals surface area (Å²) in [7, 11) is 1.17. The van der Waals surface area contributed by atoms with Gasteiger partial charge in [-0.15, -0.1) is 0 Å². The molecule has 0 radical (unpaired) electrons. The van der Waals surface area contributed by atoms with Gasteiger partial charge in [-0.3, -0.25) is 4.79 Å². The molecule has 7 nitrogen and oxygen atoms in total. The Bertz CT molecular complexity index is 372. The van der Waals surface area contributed by atoms with Gasteiger partial charge in [-0.1, -0.05) is 19.8 Å². The van der Waals surface area contributed by atoms with Crippen LogP contribution in [-0.4, -0.2) is 42.8 Å². The monoisotopic (exact) mass is 286 g/mol. The van der Waals surface area contributed by atoms with Crippen LogP contribution in [0.3, 0.4) is 0 Å². The molecule has 0 aromatic carbocycles. The first-order valence-corrected chi connectivity index (χ1v) is 6.78. The lowest BCUT2D eigenvalue weighted by Crippen LogP contribution is -2.48. The third-order valence-electron chi connectivity index (χ3n) is 3.77. The van der Waals surface area contributed by atoms with Crippen LogP contribution in [0, 0.1) is 11.8 Å². The summed E-state index contributed by atoms with van der Waals surface area (Å²) in [6, 6.07) is -1.84. The van der Waals surface area contributed by atoms with Crippen molar-refractivity contribution in [3.63, 3.8) is 0 Å². The molecule has 1 aliphatic rings. The number of carbonyl (C=O) groups is 3. The molecule has 2 unspecified atom stereocenters. The van der Waals surface area contributed by atoms with Crippen LogP contribution >= 0.6 is 0 Å². The van der Waals surface area contributed by atoms with Crippen molar-refractivity contribution in [2.45, 2.75) is 38.6 Å². The number of amides is 2. The number of hydrogen-bond donors (Lipinski definition) is 3. The van der Waals surface area contributed by atoms with Crippen LogP contribution in [0.5, 0.6) is 0 Å². The first kappa shape index (κ1) is 16.3. The van der Waals surface area contributed by atoms with E-state index in [0.29, 0.717) is 18.4 Å². The molecule has 0 saturated heterocycles. The Kier molecular flexibility index (Phi) is 6.27. The first-order valence-electron chi connectivity index (χ1n) is 6.78. The molecule has 0 aromatic heterocycles. The van der Waals surface area contributed by atoms with Crippen LogP contribution in [0.1, 0.15) is 32.6 Å². The molecule has 0 spiro atoms. The predicted molar refractivity (Wildman–Crippen MR) is 71.1 cm³/mol. The second-order valence-corrected chi connectivity index (χ2v) is 5.19. The van der Waals surface area contributed by atoms with E-state index in [2.05, 4.69) is 22.3 Å². The lowest BCUT2D eigenvalue weighted by molar-refractivity contribution is -0.147. The Balaban J connectivity index is 2.37. The number of esters is 1. The average molecular weight is 286 g/mol. The number of carboxylic acid groups (broad SMARTS) is 1. The second-order valence-electron chi connectivity index (χ2n) is 5.19. The molecule has 3 atom stereocenters. The molecular formula is C13H22N2O5. The average Bonchev–Trinajstić information content (AvgIpc) is 2.80. The van der Waals surface area contributed by atoms with Crippen LogP contribution < -0.4 is 10.6 Å². The number of aliphatic carboxylic acids is 1. The number of methoxy groups -OCH3 is 1. The molecule has 0 aliphatic heterocycles. The van der Waals surface area contributed by atoms with Gasteiger partial charge in [-0.2, -0.15) is 0 Å². The van der Waals surface area contributed by atoms with Crippen LogP contribution in [0.4, 0.5) is 4.79 Å². The summed E-state index contributed by atoms with van der Waals surface area (Å²) in [5.41, 5.74) is 0. The van der Waals surface area contributed by atoms with Crippen LogP contribution in [0.25, 0.3) is 0 Å². The van der Waals surface area contributed by atoms with E-state index in [-0.39, 0.29) is 6.42 Å². The maximum absolute atomic E-state index is 11.7. The molecule has 20 heavy (non-hydrogen) atoms. The van der Waals surface area contributed by atoms with Crippen molar-refractivity contribution in [2.24, 2.45) is 11.8 Å². The van der Waals surface area contributed by atoms with E-state index in [9.17, 15) is 14.4 Å². The molecule has 1 rings (SSSR count). The number of urea groups is 1. The fourth-order valence-corrected chi connectivity index (χ4v) is 2.41. The summed E-state index contributed by atoms with van der Waals surface area (Å²) in [6.07, 6.45) is 3.01. The minimum atomic E-state index is -1.27. The van der Waals surface area contributed by atoms with Gasteiger partial charge in [0.05, 0.1) is 13.5 Å². The van der Waals surface area contributed by atoms with Gasteiger partial charge in [0, 0.05) is 6.54 Å². The normalized spacial score (nSPS) is 22.9.